The normalized spacial score (nSPS) is 12.5. The van der Waals surface area contributed by atoms with E-state index in [0.29, 0.717) is 5.56 Å². The highest BCUT2D eigenvalue weighted by Gasteiger charge is 2.01. The number of fused-ring (bicyclic) bond motifs is 1. The van der Waals surface area contributed by atoms with E-state index in [1.807, 2.05) is 24.3 Å². The van der Waals surface area contributed by atoms with Crippen molar-refractivity contribution in [1.29, 1.82) is 5.26 Å². The third-order valence-corrected chi connectivity index (χ3v) is 1.80. The van der Waals surface area contributed by atoms with E-state index in [4.69, 9.17) is 5.26 Å². The van der Waals surface area contributed by atoms with E-state index in [1.165, 1.54) is 0 Å². The molecule has 13 heavy (non-hydrogen) atoms. The van der Waals surface area contributed by atoms with Crippen LogP contribution in [0.15, 0.2) is 29.4 Å². The zero-order valence-electron chi connectivity index (χ0n) is 6.86. The lowest BCUT2D eigenvalue weighted by molar-refractivity contribution is 1.35. The van der Waals surface area contributed by atoms with Crippen LogP contribution in [0.1, 0.15) is 11.1 Å². The first kappa shape index (κ1) is 7.56. The van der Waals surface area contributed by atoms with Crippen molar-refractivity contribution in [2.24, 2.45) is 5.10 Å². The summed E-state index contributed by atoms with van der Waals surface area (Å²) in [6.45, 7) is 0. The summed E-state index contributed by atoms with van der Waals surface area (Å²) < 4.78 is 0. The van der Waals surface area contributed by atoms with E-state index < -0.39 is 0 Å². The zero-order chi connectivity index (χ0) is 9.10. The van der Waals surface area contributed by atoms with E-state index in [1.54, 1.807) is 12.3 Å². The van der Waals surface area contributed by atoms with Crippen LogP contribution in [0.3, 0.4) is 0 Å². The number of nitrogens with one attached hydrogen (secondary N) is 1. The number of nitrogens with zero attached hydrogens (tertiary/aromatic N) is 2. The first-order valence-corrected chi connectivity index (χ1v) is 3.90. The fourth-order valence-corrected chi connectivity index (χ4v) is 1.17. The second-order valence-corrected chi connectivity index (χ2v) is 2.66. The van der Waals surface area contributed by atoms with Gasteiger partial charge in [-0.25, -0.2) is 0 Å². The Labute approximate surface area is 76.0 Å². The quantitative estimate of drug-likeness (QED) is 0.645. The zero-order valence-corrected chi connectivity index (χ0v) is 6.86. The molecule has 0 unspecified atom stereocenters. The number of allylic oxidation sites excluding steroid dienone is 1. The molecule has 0 saturated carbocycles. The van der Waals surface area contributed by atoms with Crippen molar-refractivity contribution in [1.82, 2.24) is 0 Å². The predicted molar refractivity (Wildman–Crippen MR) is 52.3 cm³/mol. The summed E-state index contributed by atoms with van der Waals surface area (Å²) in [7, 11) is 0. The maximum Gasteiger partial charge on any atom is 0.0991 e. The van der Waals surface area contributed by atoms with Gasteiger partial charge < -0.3 is 0 Å². The number of hydrogen-bond acceptors (Lipinski definition) is 3. The lowest BCUT2D eigenvalue weighted by Gasteiger charge is -2.02. The van der Waals surface area contributed by atoms with Crippen molar-refractivity contribution in [2.45, 2.75) is 0 Å². The third kappa shape index (κ3) is 1.42. The van der Waals surface area contributed by atoms with Gasteiger partial charge in [0.1, 0.15) is 0 Å². The number of rotatable bonds is 0. The molecule has 1 heterocycles. The molecule has 0 spiro atoms. The van der Waals surface area contributed by atoms with Crippen LogP contribution in [0.25, 0.3) is 6.08 Å². The molecule has 1 aromatic carbocycles. The first-order valence-electron chi connectivity index (χ1n) is 3.90. The minimum atomic E-state index is 0.659. The summed E-state index contributed by atoms with van der Waals surface area (Å²) in [5.41, 5.74) is 5.44. The lowest BCUT2D eigenvalue weighted by Crippen LogP contribution is -1.89. The van der Waals surface area contributed by atoms with Gasteiger partial charge in [-0.3, -0.25) is 5.43 Å². The Bertz CT molecular complexity index is 424. The minimum absolute atomic E-state index is 0.659. The fraction of sp³-hybridized carbons (Fsp3) is 0. The van der Waals surface area contributed by atoms with Crippen LogP contribution in [0.5, 0.6) is 0 Å². The molecule has 0 bridgehead atoms. The number of hydrogen-bond donors (Lipinski definition) is 1. The molecule has 2 rings (SSSR count). The van der Waals surface area contributed by atoms with Gasteiger partial charge in [0.15, 0.2) is 0 Å². The van der Waals surface area contributed by atoms with Gasteiger partial charge in [0.25, 0.3) is 0 Å². The molecule has 1 aliphatic rings. The molecule has 3 nitrogen and oxygen atoms in total. The summed E-state index contributed by atoms with van der Waals surface area (Å²) in [5, 5.41) is 12.6. The molecule has 1 aliphatic heterocycles. The van der Waals surface area contributed by atoms with Crippen LogP contribution < -0.4 is 5.43 Å². The van der Waals surface area contributed by atoms with Crippen LogP contribution in [0.4, 0.5) is 5.69 Å². The maximum absolute atomic E-state index is 8.68. The Kier molecular flexibility index (Phi) is 1.81. The van der Waals surface area contributed by atoms with Gasteiger partial charge in [-0.15, -0.1) is 0 Å². The van der Waals surface area contributed by atoms with Crippen molar-refractivity contribution >= 4 is 18.0 Å². The molecule has 0 amide bonds. The molecular weight excluding hydrogens is 162 g/mol. The van der Waals surface area contributed by atoms with Gasteiger partial charge >= 0.3 is 0 Å². The molecule has 1 aromatic rings. The lowest BCUT2D eigenvalue weighted by atomic mass is 10.1. The summed E-state index contributed by atoms with van der Waals surface area (Å²) in [4.78, 5) is 0. The molecule has 0 aliphatic carbocycles. The highest BCUT2D eigenvalue weighted by molar-refractivity contribution is 5.84. The van der Waals surface area contributed by atoms with E-state index in [2.05, 4.69) is 16.6 Å². The summed E-state index contributed by atoms with van der Waals surface area (Å²) in [6.07, 6.45) is 5.42. The second kappa shape index (κ2) is 3.11. The molecule has 3 heteroatoms. The van der Waals surface area contributed by atoms with Crippen molar-refractivity contribution in [3.63, 3.8) is 0 Å². The van der Waals surface area contributed by atoms with Crippen molar-refractivity contribution in [3.8, 4) is 6.07 Å². The predicted octanol–water partition coefficient (Wildman–Crippen LogP) is 1.98. The first-order chi connectivity index (χ1) is 6.40. The van der Waals surface area contributed by atoms with Gasteiger partial charge in [0, 0.05) is 11.8 Å². The SMILES string of the molecule is N#Cc1ccc2c(c1)C=CC=NN2. The number of nitriles is 1. The Morgan fingerprint density at radius 3 is 3.15 bits per heavy atom. The smallest absolute Gasteiger partial charge is 0.0991 e. The minimum Gasteiger partial charge on any atom is -0.278 e. The third-order valence-electron chi connectivity index (χ3n) is 1.80. The van der Waals surface area contributed by atoms with Crippen LogP contribution in [0.2, 0.25) is 0 Å². The number of hydrazone groups is 1. The van der Waals surface area contributed by atoms with Crippen LogP contribution >= 0.6 is 0 Å². The molecule has 0 atom stereocenters. The molecule has 0 saturated heterocycles. The Morgan fingerprint density at radius 1 is 1.38 bits per heavy atom. The fourth-order valence-electron chi connectivity index (χ4n) is 1.17. The van der Waals surface area contributed by atoms with E-state index in [-0.39, 0.29) is 0 Å². The highest BCUT2D eigenvalue weighted by Crippen LogP contribution is 2.19. The Morgan fingerprint density at radius 2 is 2.31 bits per heavy atom. The Balaban J connectivity index is 2.53. The van der Waals surface area contributed by atoms with Crippen LogP contribution in [-0.2, 0) is 0 Å². The van der Waals surface area contributed by atoms with Gasteiger partial charge in [0.05, 0.1) is 17.3 Å². The maximum atomic E-state index is 8.68. The number of anilines is 1. The molecule has 0 radical (unpaired) electrons. The Hall–Kier alpha value is -2.08. The van der Waals surface area contributed by atoms with Gasteiger partial charge in [-0.2, -0.15) is 10.4 Å². The summed E-state index contributed by atoms with van der Waals surface area (Å²) in [5.74, 6) is 0. The van der Waals surface area contributed by atoms with Crippen molar-refractivity contribution in [2.75, 3.05) is 5.43 Å². The van der Waals surface area contributed by atoms with E-state index >= 15 is 0 Å². The molecule has 0 fully saturated rings. The topological polar surface area (TPSA) is 48.2 Å². The summed E-state index contributed by atoms with van der Waals surface area (Å²) >= 11 is 0. The average molecular weight is 169 g/mol. The highest BCUT2D eigenvalue weighted by atomic mass is 15.3. The molecule has 62 valence electrons. The van der Waals surface area contributed by atoms with Crippen LogP contribution in [-0.4, -0.2) is 6.21 Å². The van der Waals surface area contributed by atoms with Crippen molar-refractivity contribution < 1.29 is 0 Å². The summed E-state index contributed by atoms with van der Waals surface area (Å²) in [6, 6.07) is 7.53. The molecular formula is C10H7N3. The standard InChI is InChI=1S/C10H7N3/c11-7-8-3-4-10-9(6-8)2-1-5-12-13-10/h1-6,13H. The monoisotopic (exact) mass is 169 g/mol. The van der Waals surface area contributed by atoms with Gasteiger partial charge in [0.2, 0.25) is 0 Å². The van der Waals surface area contributed by atoms with Crippen molar-refractivity contribution in [3.05, 3.63) is 35.4 Å². The van der Waals surface area contributed by atoms with Crippen LogP contribution in [0, 0.1) is 11.3 Å². The molecule has 1 N–H and O–H groups in total. The van der Waals surface area contributed by atoms with E-state index in [0.717, 1.165) is 11.3 Å². The molecule has 0 aromatic heterocycles. The number of benzene rings is 1. The van der Waals surface area contributed by atoms with E-state index in [9.17, 15) is 0 Å². The average Bonchev–Trinajstić information content (AvgIpc) is 2.41. The largest absolute Gasteiger partial charge is 0.278 e. The van der Waals surface area contributed by atoms with Gasteiger partial charge in [-0.1, -0.05) is 6.08 Å². The second-order valence-electron chi connectivity index (χ2n) is 2.66. The van der Waals surface area contributed by atoms with Gasteiger partial charge in [-0.05, 0) is 24.3 Å².